The smallest absolute Gasteiger partial charge is 0.374 e. The predicted octanol–water partition coefficient (Wildman–Crippen LogP) is 2.60. The number of anilines is 1. The molecule has 118 valence electrons. The molecule has 0 saturated carbocycles. The predicted molar refractivity (Wildman–Crippen MR) is 83.3 cm³/mol. The van der Waals surface area contributed by atoms with E-state index in [0.29, 0.717) is 5.58 Å². The zero-order valence-corrected chi connectivity index (χ0v) is 12.7. The third kappa shape index (κ3) is 2.94. The van der Waals surface area contributed by atoms with Gasteiger partial charge in [-0.2, -0.15) is 0 Å². The number of carbonyl (C=O) groups is 2. The fourth-order valence-corrected chi connectivity index (χ4v) is 2.18. The van der Waals surface area contributed by atoms with Crippen LogP contribution in [0.3, 0.4) is 0 Å². The van der Waals surface area contributed by atoms with Crippen molar-refractivity contribution in [2.24, 2.45) is 7.05 Å². The molecule has 0 aliphatic carbocycles. The number of benzene rings is 1. The molecule has 23 heavy (non-hydrogen) atoms. The van der Waals surface area contributed by atoms with Gasteiger partial charge in [-0.15, -0.1) is 0 Å². The molecule has 1 N–H and O–H groups in total. The van der Waals surface area contributed by atoms with E-state index < -0.39 is 11.9 Å². The van der Waals surface area contributed by atoms with E-state index in [9.17, 15) is 9.59 Å². The highest BCUT2D eigenvalue weighted by Crippen LogP contribution is 2.19. The molecule has 0 radical (unpaired) electrons. The highest BCUT2D eigenvalue weighted by molar-refractivity contribution is 6.04. The first-order chi connectivity index (χ1) is 11.1. The number of fused-ring (bicyclic) bond motifs is 1. The van der Waals surface area contributed by atoms with Crippen molar-refractivity contribution in [3.63, 3.8) is 0 Å². The van der Waals surface area contributed by atoms with Crippen LogP contribution in [0.1, 0.15) is 28.1 Å². The number of para-hydroxylation sites is 1. The Kier molecular flexibility index (Phi) is 3.84. The molecule has 0 aliphatic heterocycles. The monoisotopic (exact) mass is 313 g/mol. The second-order valence-electron chi connectivity index (χ2n) is 4.88. The lowest BCUT2D eigenvalue weighted by Gasteiger charge is -1.99. The minimum atomic E-state index is -0.542. The van der Waals surface area contributed by atoms with Gasteiger partial charge in [0.05, 0.1) is 6.61 Å². The van der Waals surface area contributed by atoms with Gasteiger partial charge in [0.15, 0.2) is 11.6 Å². The Hall–Kier alpha value is -3.09. The molecule has 7 heteroatoms. The Morgan fingerprint density at radius 2 is 2.13 bits per heavy atom. The summed E-state index contributed by atoms with van der Waals surface area (Å²) in [7, 11) is 1.65. The minimum Gasteiger partial charge on any atom is -0.460 e. The van der Waals surface area contributed by atoms with Crippen molar-refractivity contribution in [1.82, 2.24) is 9.55 Å². The molecule has 2 aromatic heterocycles. The highest BCUT2D eigenvalue weighted by Gasteiger charge is 2.18. The molecule has 1 amide bonds. The number of rotatable bonds is 4. The van der Waals surface area contributed by atoms with Crippen LogP contribution in [-0.4, -0.2) is 28.0 Å². The lowest BCUT2D eigenvalue weighted by Crippen LogP contribution is -2.12. The van der Waals surface area contributed by atoms with E-state index in [2.05, 4.69) is 10.3 Å². The third-order valence-electron chi connectivity index (χ3n) is 3.23. The zero-order chi connectivity index (χ0) is 16.4. The van der Waals surface area contributed by atoms with Crippen molar-refractivity contribution in [1.29, 1.82) is 0 Å². The standard InChI is InChI=1S/C16H15N3O4/c1-3-22-16(21)14-17-13(9-19(14)2)18-15(20)12-8-10-6-4-5-7-11(10)23-12/h4-9H,3H2,1-2H3,(H,18,20). The lowest BCUT2D eigenvalue weighted by molar-refractivity contribution is 0.0508. The molecule has 3 aromatic rings. The van der Waals surface area contributed by atoms with Crippen molar-refractivity contribution >= 4 is 28.7 Å². The Labute approximate surface area is 131 Å². The zero-order valence-electron chi connectivity index (χ0n) is 12.7. The van der Waals surface area contributed by atoms with E-state index in [1.807, 2.05) is 18.2 Å². The van der Waals surface area contributed by atoms with E-state index in [1.165, 1.54) is 10.8 Å². The number of carbonyl (C=O) groups excluding carboxylic acids is 2. The van der Waals surface area contributed by atoms with Crippen LogP contribution in [0.4, 0.5) is 5.82 Å². The summed E-state index contributed by atoms with van der Waals surface area (Å²) in [5.41, 5.74) is 0.630. The number of aryl methyl sites for hydroxylation is 1. The molecule has 0 aliphatic rings. The van der Waals surface area contributed by atoms with Gasteiger partial charge in [0.25, 0.3) is 5.91 Å². The van der Waals surface area contributed by atoms with Crippen LogP contribution in [0, 0.1) is 0 Å². The van der Waals surface area contributed by atoms with Crippen molar-refractivity contribution < 1.29 is 18.7 Å². The Morgan fingerprint density at radius 3 is 2.87 bits per heavy atom. The number of nitrogens with zero attached hydrogens (tertiary/aromatic N) is 2. The molecular formula is C16H15N3O4. The van der Waals surface area contributed by atoms with Gasteiger partial charge in [0.1, 0.15) is 5.58 Å². The van der Waals surface area contributed by atoms with Gasteiger partial charge in [0.2, 0.25) is 5.82 Å². The summed E-state index contributed by atoms with van der Waals surface area (Å²) >= 11 is 0. The van der Waals surface area contributed by atoms with Crippen molar-refractivity contribution in [3.05, 3.63) is 48.1 Å². The number of ether oxygens (including phenoxy) is 1. The third-order valence-corrected chi connectivity index (χ3v) is 3.23. The first-order valence-electron chi connectivity index (χ1n) is 7.09. The number of hydrogen-bond acceptors (Lipinski definition) is 5. The van der Waals surface area contributed by atoms with Crippen LogP contribution in [0.2, 0.25) is 0 Å². The molecule has 0 bridgehead atoms. The summed E-state index contributed by atoms with van der Waals surface area (Å²) in [5.74, 6) is -0.434. The van der Waals surface area contributed by atoms with Gasteiger partial charge in [-0.3, -0.25) is 4.79 Å². The maximum Gasteiger partial charge on any atom is 0.374 e. The van der Waals surface area contributed by atoms with Gasteiger partial charge < -0.3 is 19.0 Å². The van der Waals surface area contributed by atoms with E-state index in [4.69, 9.17) is 9.15 Å². The second kappa shape index (κ2) is 5.96. The largest absolute Gasteiger partial charge is 0.460 e. The summed E-state index contributed by atoms with van der Waals surface area (Å²) in [6.07, 6.45) is 1.53. The summed E-state index contributed by atoms with van der Waals surface area (Å²) in [5, 5.41) is 3.44. The number of furan rings is 1. The fourth-order valence-electron chi connectivity index (χ4n) is 2.18. The van der Waals surface area contributed by atoms with Crippen LogP contribution in [0.15, 0.2) is 40.9 Å². The summed E-state index contributed by atoms with van der Waals surface area (Å²) < 4.78 is 11.9. The Bertz CT molecular complexity index is 845. The number of aromatic nitrogens is 2. The number of hydrogen-bond donors (Lipinski definition) is 1. The fraction of sp³-hybridized carbons (Fsp3) is 0.188. The lowest BCUT2D eigenvalue weighted by atomic mass is 10.2. The number of esters is 1. The SMILES string of the molecule is CCOC(=O)c1nc(NC(=O)c2cc3ccccc3o2)cn1C. The molecule has 7 nitrogen and oxygen atoms in total. The van der Waals surface area contributed by atoms with E-state index in [1.54, 1.807) is 26.1 Å². The van der Waals surface area contributed by atoms with Crippen LogP contribution in [0.25, 0.3) is 11.0 Å². The van der Waals surface area contributed by atoms with Gasteiger partial charge in [-0.25, -0.2) is 9.78 Å². The molecular weight excluding hydrogens is 298 g/mol. The highest BCUT2D eigenvalue weighted by atomic mass is 16.5. The van der Waals surface area contributed by atoms with Crippen LogP contribution in [0.5, 0.6) is 0 Å². The van der Waals surface area contributed by atoms with Crippen LogP contribution in [-0.2, 0) is 11.8 Å². The quantitative estimate of drug-likeness (QED) is 0.748. The van der Waals surface area contributed by atoms with E-state index in [0.717, 1.165) is 5.39 Å². The first kappa shape index (κ1) is 14.8. The molecule has 1 aromatic carbocycles. The second-order valence-corrected chi connectivity index (χ2v) is 4.88. The van der Waals surface area contributed by atoms with Gasteiger partial charge in [-0.1, -0.05) is 18.2 Å². The summed E-state index contributed by atoms with van der Waals surface area (Å²) in [6.45, 7) is 1.97. The van der Waals surface area contributed by atoms with E-state index in [-0.39, 0.29) is 24.0 Å². The summed E-state index contributed by atoms with van der Waals surface area (Å²) in [6, 6.07) is 8.99. The van der Waals surface area contributed by atoms with Crippen LogP contribution < -0.4 is 5.32 Å². The maximum atomic E-state index is 12.2. The topological polar surface area (TPSA) is 86.4 Å². The van der Waals surface area contributed by atoms with Crippen molar-refractivity contribution in [3.8, 4) is 0 Å². The molecule has 0 spiro atoms. The summed E-state index contributed by atoms with van der Waals surface area (Å²) in [4.78, 5) is 28.0. The molecule has 3 rings (SSSR count). The number of amides is 1. The van der Waals surface area contributed by atoms with Crippen molar-refractivity contribution in [2.75, 3.05) is 11.9 Å². The molecule has 0 saturated heterocycles. The van der Waals surface area contributed by atoms with Gasteiger partial charge in [0, 0.05) is 18.6 Å². The number of imidazole rings is 1. The molecule has 2 heterocycles. The average molecular weight is 313 g/mol. The number of nitrogens with one attached hydrogen (secondary N) is 1. The minimum absolute atomic E-state index is 0.117. The normalized spacial score (nSPS) is 10.7. The molecule has 0 fully saturated rings. The molecule has 0 unspecified atom stereocenters. The maximum absolute atomic E-state index is 12.2. The van der Waals surface area contributed by atoms with E-state index >= 15 is 0 Å². The van der Waals surface area contributed by atoms with Gasteiger partial charge in [-0.05, 0) is 19.1 Å². The molecule has 0 atom stereocenters. The Balaban J connectivity index is 1.80. The van der Waals surface area contributed by atoms with Crippen molar-refractivity contribution in [2.45, 2.75) is 6.92 Å². The van der Waals surface area contributed by atoms with Crippen LogP contribution >= 0.6 is 0 Å². The Morgan fingerprint density at radius 1 is 1.35 bits per heavy atom. The average Bonchev–Trinajstić information content (AvgIpc) is 3.11. The van der Waals surface area contributed by atoms with Gasteiger partial charge >= 0.3 is 5.97 Å². The first-order valence-corrected chi connectivity index (χ1v) is 7.09.